The molecule has 13 nitrogen and oxygen atoms in total. The minimum Gasteiger partial charge on any atom is -0.508 e. The van der Waals surface area contributed by atoms with Gasteiger partial charge in [0, 0.05) is 31.9 Å². The van der Waals surface area contributed by atoms with Crippen LogP contribution in [0.25, 0.3) is 0 Å². The van der Waals surface area contributed by atoms with Crippen LogP contribution < -0.4 is 11.1 Å². The molecule has 1 saturated heterocycles. The molecule has 13 heteroatoms. The summed E-state index contributed by atoms with van der Waals surface area (Å²) >= 11 is 0. The van der Waals surface area contributed by atoms with E-state index in [1.165, 1.54) is 35.4 Å². The number of anilines is 1. The zero-order chi connectivity index (χ0) is 29.7. The van der Waals surface area contributed by atoms with Crippen LogP contribution in [0, 0.1) is 0 Å². The lowest BCUT2D eigenvalue weighted by molar-refractivity contribution is -0.918. The number of quaternary nitrogens is 1. The largest absolute Gasteiger partial charge is 0.508 e. The highest BCUT2D eigenvalue weighted by Crippen LogP contribution is 2.23. The van der Waals surface area contributed by atoms with Crippen molar-refractivity contribution >= 4 is 29.6 Å². The fourth-order valence-electron chi connectivity index (χ4n) is 5.23. The number of piperidine rings is 1. The summed E-state index contributed by atoms with van der Waals surface area (Å²) in [6.45, 7) is 1.85. The lowest BCUT2D eigenvalue weighted by Crippen LogP contribution is -2.56. The molecule has 5 N–H and O–H groups in total. The second-order valence-electron chi connectivity index (χ2n) is 10.5. The quantitative estimate of drug-likeness (QED) is 0.181. The van der Waals surface area contributed by atoms with Gasteiger partial charge in [-0.1, -0.05) is 29.4 Å². The number of carbonyl (C=O) groups excluding carboxylic acids is 3. The highest BCUT2D eigenvalue weighted by atomic mass is 16.5. The van der Waals surface area contributed by atoms with E-state index in [2.05, 4.69) is 22.6 Å². The van der Waals surface area contributed by atoms with Gasteiger partial charge in [0.1, 0.15) is 30.3 Å². The molecule has 3 aromatic rings. The van der Waals surface area contributed by atoms with Crippen LogP contribution in [-0.2, 0) is 29.5 Å². The van der Waals surface area contributed by atoms with E-state index in [9.17, 15) is 24.6 Å². The van der Waals surface area contributed by atoms with Gasteiger partial charge in [0.25, 0.3) is 5.91 Å². The first-order valence-corrected chi connectivity index (χ1v) is 13.1. The molecule has 1 aliphatic heterocycles. The molecule has 0 aliphatic carbocycles. The highest BCUT2D eigenvalue weighted by molar-refractivity contribution is 5.94. The standard InChI is InChI=1S/C28H33N7O6/c1-33-25(26(39)41-3)31-32-27(33)30-28(40)34(23(24(29)38)15-18-9-11-21(36)12-10-18)20-7-5-13-35(2,17-20)16-19-6-4-8-22(37)14-19/h4,6,8-12,14,23H,5,7,13,15-17H2,1-3H3,(H3-2,29,30,32,36,37,38,39,40)/p+2/b34-20-/t23-,35?/m0/s1. The minimum absolute atomic E-state index is 0.0123. The number of likely N-dealkylation sites (tertiary alicyclic amines) is 1. The Kier molecular flexibility index (Phi) is 8.67. The second-order valence-corrected chi connectivity index (χ2v) is 10.5. The van der Waals surface area contributed by atoms with Gasteiger partial charge in [0.05, 0.1) is 20.7 Å². The molecule has 0 saturated carbocycles. The molecular weight excluding hydrogens is 530 g/mol. The molecule has 0 bridgehead atoms. The number of phenolic OH excluding ortho intramolecular Hbond substituents is 2. The van der Waals surface area contributed by atoms with Gasteiger partial charge in [0.2, 0.25) is 5.82 Å². The number of rotatable bonds is 8. The van der Waals surface area contributed by atoms with E-state index in [1.54, 1.807) is 30.3 Å². The molecule has 1 aromatic heterocycles. The summed E-state index contributed by atoms with van der Waals surface area (Å²) in [5.74, 6) is -1.30. The van der Waals surface area contributed by atoms with Crippen LogP contribution in [0.1, 0.15) is 34.6 Å². The normalized spacial score (nSPS) is 18.8. The van der Waals surface area contributed by atoms with Crippen LogP contribution in [-0.4, -0.2) is 90.9 Å². The van der Waals surface area contributed by atoms with E-state index in [0.717, 1.165) is 18.5 Å². The fourth-order valence-corrected chi connectivity index (χ4v) is 5.23. The molecule has 41 heavy (non-hydrogen) atoms. The van der Waals surface area contributed by atoms with E-state index < -0.39 is 23.9 Å². The van der Waals surface area contributed by atoms with Gasteiger partial charge in [-0.3, -0.25) is 9.36 Å². The number of primary amides is 1. The highest BCUT2D eigenvalue weighted by Gasteiger charge is 2.40. The van der Waals surface area contributed by atoms with Crippen molar-refractivity contribution in [2.24, 2.45) is 12.8 Å². The summed E-state index contributed by atoms with van der Waals surface area (Å²) < 4.78 is 7.92. The molecule has 0 radical (unpaired) electrons. The molecule has 1 fully saturated rings. The van der Waals surface area contributed by atoms with Gasteiger partial charge in [0.15, 0.2) is 6.04 Å². The Morgan fingerprint density at radius 2 is 1.85 bits per heavy atom. The summed E-state index contributed by atoms with van der Waals surface area (Å²) in [7, 11) is 4.78. The SMILES string of the molecule is COC(=O)c1nnc(NC(=O)/[N+](=C2/CCC[N+](C)(Cc3cccc(O)c3)C2)[C@@H](Cc2ccc(O)cc2)C(N)=O)n1C. The molecule has 0 spiro atoms. The molecule has 2 atom stereocenters. The molecule has 1 aliphatic rings. The summed E-state index contributed by atoms with van der Waals surface area (Å²) in [4.78, 5) is 38.8. The molecule has 2 aromatic carbocycles. The Morgan fingerprint density at radius 1 is 1.12 bits per heavy atom. The monoisotopic (exact) mass is 565 g/mol. The fraction of sp³-hybridized carbons (Fsp3) is 0.357. The second kappa shape index (κ2) is 12.2. The average Bonchev–Trinajstić information content (AvgIpc) is 3.28. The Hall–Kier alpha value is -4.78. The van der Waals surface area contributed by atoms with Crippen LogP contribution in [0.3, 0.4) is 0 Å². The number of hydrogen-bond donors (Lipinski definition) is 4. The maximum Gasteiger partial charge on any atom is 0.499 e. The number of amides is 3. The Balaban J connectivity index is 1.74. The molecular formula is C28H35N7O6+2. The van der Waals surface area contributed by atoms with E-state index in [-0.39, 0.29) is 29.7 Å². The number of ether oxygens (including phenoxy) is 1. The number of aromatic hydroxyl groups is 2. The zero-order valence-electron chi connectivity index (χ0n) is 23.3. The number of nitrogens with two attached hydrogens (primary N) is 1. The maximum atomic E-state index is 13.9. The first-order chi connectivity index (χ1) is 19.5. The number of aromatic nitrogens is 3. The van der Waals surface area contributed by atoms with E-state index in [4.69, 9.17) is 10.5 Å². The van der Waals surface area contributed by atoms with Crippen molar-refractivity contribution in [1.82, 2.24) is 14.8 Å². The van der Waals surface area contributed by atoms with Crippen molar-refractivity contribution < 1.29 is 38.4 Å². The number of carbonyl (C=O) groups is 3. The number of hydrogen-bond acceptors (Lipinski definition) is 8. The Bertz CT molecular complexity index is 1480. The van der Waals surface area contributed by atoms with Crippen LogP contribution >= 0.6 is 0 Å². The van der Waals surface area contributed by atoms with Crippen LogP contribution in [0.15, 0.2) is 48.5 Å². The third kappa shape index (κ3) is 6.87. The molecule has 4 rings (SSSR count). The van der Waals surface area contributed by atoms with Crippen molar-refractivity contribution in [3.63, 3.8) is 0 Å². The zero-order valence-corrected chi connectivity index (χ0v) is 23.3. The number of esters is 1. The summed E-state index contributed by atoms with van der Waals surface area (Å²) in [6, 6.07) is 11.7. The van der Waals surface area contributed by atoms with Gasteiger partial charge in [-0.05, 0) is 29.8 Å². The smallest absolute Gasteiger partial charge is 0.499 e. The predicted molar refractivity (Wildman–Crippen MR) is 148 cm³/mol. The van der Waals surface area contributed by atoms with E-state index in [1.807, 2.05) is 6.07 Å². The number of nitrogens with zero attached hydrogens (tertiary/aromatic N) is 5. The van der Waals surface area contributed by atoms with E-state index in [0.29, 0.717) is 35.3 Å². The maximum absolute atomic E-state index is 13.9. The molecule has 1 unspecified atom stereocenters. The van der Waals surface area contributed by atoms with Gasteiger partial charge >= 0.3 is 17.9 Å². The van der Waals surface area contributed by atoms with Crippen LogP contribution in [0.2, 0.25) is 0 Å². The first-order valence-electron chi connectivity index (χ1n) is 13.1. The van der Waals surface area contributed by atoms with Gasteiger partial charge in [-0.2, -0.15) is 14.7 Å². The first kappa shape index (κ1) is 29.2. The number of urea groups is 1. The minimum atomic E-state index is -1.06. The summed E-state index contributed by atoms with van der Waals surface area (Å²) in [5.41, 5.74) is 8.24. The van der Waals surface area contributed by atoms with Crippen molar-refractivity contribution in [2.75, 3.05) is 32.6 Å². The third-order valence-corrected chi connectivity index (χ3v) is 7.23. The lowest BCUT2D eigenvalue weighted by atomic mass is 10.0. The van der Waals surface area contributed by atoms with Gasteiger partial charge < -0.3 is 25.2 Å². The third-order valence-electron chi connectivity index (χ3n) is 7.23. The number of methoxy groups -OCH3 is 1. The number of nitrogens with one attached hydrogen (secondary N) is 1. The Morgan fingerprint density at radius 3 is 2.51 bits per heavy atom. The van der Waals surface area contributed by atoms with Crippen molar-refractivity contribution in [2.45, 2.75) is 31.8 Å². The average molecular weight is 566 g/mol. The van der Waals surface area contributed by atoms with Crippen molar-refractivity contribution in [3.05, 3.63) is 65.5 Å². The number of benzene rings is 2. The van der Waals surface area contributed by atoms with Crippen molar-refractivity contribution in [3.8, 4) is 11.5 Å². The molecule has 2 heterocycles. The predicted octanol–water partition coefficient (Wildman–Crippen LogP) is 1.54. The summed E-state index contributed by atoms with van der Waals surface area (Å²) in [6.07, 6.45) is 1.40. The number of phenols is 2. The molecule has 216 valence electrons. The van der Waals surface area contributed by atoms with Gasteiger partial charge in [-0.25, -0.2) is 4.79 Å². The lowest BCUT2D eigenvalue weighted by Gasteiger charge is -2.38. The van der Waals surface area contributed by atoms with E-state index >= 15 is 0 Å². The van der Waals surface area contributed by atoms with Crippen LogP contribution in [0.4, 0.5) is 10.7 Å². The Labute approximate surface area is 237 Å². The van der Waals surface area contributed by atoms with Gasteiger partial charge in [-0.15, -0.1) is 5.10 Å². The molecule has 3 amide bonds. The van der Waals surface area contributed by atoms with Crippen molar-refractivity contribution in [1.29, 1.82) is 0 Å². The topological polar surface area (TPSA) is 173 Å². The summed E-state index contributed by atoms with van der Waals surface area (Å²) in [5, 5.41) is 30.1. The van der Waals surface area contributed by atoms with Crippen LogP contribution in [0.5, 0.6) is 11.5 Å².